The molecule has 0 aliphatic carbocycles. The Morgan fingerprint density at radius 2 is 2.20 bits per heavy atom. The van der Waals surface area contributed by atoms with Crippen molar-refractivity contribution in [2.75, 3.05) is 18.0 Å². The Morgan fingerprint density at radius 3 is 2.93 bits per heavy atom. The van der Waals surface area contributed by atoms with Crippen molar-refractivity contribution in [3.63, 3.8) is 0 Å². The van der Waals surface area contributed by atoms with Crippen LogP contribution >= 0.6 is 0 Å². The summed E-state index contributed by atoms with van der Waals surface area (Å²) in [7, 11) is 0. The molecular weight excluding hydrogens is 194 g/mol. The Balaban J connectivity index is 2.02. The summed E-state index contributed by atoms with van der Waals surface area (Å²) in [6, 6.07) is 0. The normalized spacial score (nSPS) is 19.2. The Morgan fingerprint density at radius 1 is 1.40 bits per heavy atom. The number of fused-ring (bicyclic) bond motifs is 1. The highest BCUT2D eigenvalue weighted by atomic mass is 15.5. The minimum absolute atomic E-state index is 0.115. The molecule has 0 spiro atoms. The Labute approximate surface area is 85.9 Å². The van der Waals surface area contributed by atoms with E-state index in [4.69, 9.17) is 5.73 Å². The predicted octanol–water partition coefficient (Wildman–Crippen LogP) is -0.943. The molecule has 0 aromatic carbocycles. The summed E-state index contributed by atoms with van der Waals surface area (Å²) in [6.07, 6.45) is 3.38. The van der Waals surface area contributed by atoms with Gasteiger partial charge >= 0.3 is 0 Å². The van der Waals surface area contributed by atoms with Gasteiger partial charge in [-0.1, -0.05) is 0 Å². The number of hydrogen-bond donors (Lipinski definition) is 1. The van der Waals surface area contributed by atoms with E-state index in [2.05, 4.69) is 25.4 Å². The zero-order chi connectivity index (χ0) is 10.5. The molecule has 0 unspecified atom stereocenters. The third kappa shape index (κ3) is 1.23. The highest BCUT2D eigenvalue weighted by Crippen LogP contribution is 2.24. The van der Waals surface area contributed by atoms with E-state index < -0.39 is 0 Å². The highest BCUT2D eigenvalue weighted by molar-refractivity contribution is 5.49. The molecule has 1 saturated heterocycles. The van der Waals surface area contributed by atoms with Gasteiger partial charge in [0.05, 0.1) is 12.4 Å². The summed E-state index contributed by atoms with van der Waals surface area (Å²) in [5.41, 5.74) is 6.48. The maximum atomic E-state index is 5.95. The number of rotatable bonds is 1. The lowest BCUT2D eigenvalue weighted by Gasteiger charge is -2.46. The molecule has 0 saturated carbocycles. The average Bonchev–Trinajstić information content (AvgIpc) is 2.60. The van der Waals surface area contributed by atoms with E-state index in [1.165, 1.54) is 0 Å². The number of hydrogen-bond acceptors (Lipinski definition) is 6. The number of tetrazole rings is 1. The van der Waals surface area contributed by atoms with Gasteiger partial charge in [0.1, 0.15) is 0 Å². The topological polar surface area (TPSA) is 85.2 Å². The van der Waals surface area contributed by atoms with E-state index in [0.29, 0.717) is 5.65 Å². The second-order valence-corrected chi connectivity index (χ2v) is 4.22. The molecule has 15 heavy (non-hydrogen) atoms. The van der Waals surface area contributed by atoms with Crippen LogP contribution in [0.4, 0.5) is 5.82 Å². The number of anilines is 1. The van der Waals surface area contributed by atoms with Crippen LogP contribution in [-0.4, -0.2) is 43.7 Å². The van der Waals surface area contributed by atoms with Gasteiger partial charge < -0.3 is 10.6 Å². The fraction of sp³-hybridized carbons (Fsp3) is 0.500. The van der Waals surface area contributed by atoms with Gasteiger partial charge in [-0.2, -0.15) is 4.52 Å². The third-order valence-corrected chi connectivity index (χ3v) is 2.52. The van der Waals surface area contributed by atoms with Crippen molar-refractivity contribution in [3.05, 3.63) is 12.4 Å². The lowest BCUT2D eigenvalue weighted by Crippen LogP contribution is -2.66. The standard InChI is InChI=1S/C8H11N7/c1-8(9)4-14(5-8)7-3-10-2-6-11-12-13-15(6)7/h2-3H,4-5,9H2,1H3. The zero-order valence-corrected chi connectivity index (χ0v) is 8.33. The Bertz CT molecular complexity index is 494. The molecule has 0 bridgehead atoms. The largest absolute Gasteiger partial charge is 0.351 e. The maximum Gasteiger partial charge on any atom is 0.199 e. The first-order chi connectivity index (χ1) is 7.16. The fourth-order valence-corrected chi connectivity index (χ4v) is 1.87. The van der Waals surface area contributed by atoms with Crippen molar-refractivity contribution < 1.29 is 0 Å². The summed E-state index contributed by atoms with van der Waals surface area (Å²) in [6.45, 7) is 3.62. The Hall–Kier alpha value is -1.76. The second-order valence-electron chi connectivity index (χ2n) is 4.22. The van der Waals surface area contributed by atoms with Gasteiger partial charge in [-0.15, -0.1) is 5.10 Å². The molecule has 2 N–H and O–H groups in total. The summed E-state index contributed by atoms with van der Waals surface area (Å²) < 4.78 is 1.67. The van der Waals surface area contributed by atoms with Crippen molar-refractivity contribution in [3.8, 4) is 0 Å². The van der Waals surface area contributed by atoms with E-state index in [-0.39, 0.29) is 5.54 Å². The van der Waals surface area contributed by atoms with Crippen LogP contribution in [0, 0.1) is 0 Å². The van der Waals surface area contributed by atoms with Crippen LogP contribution < -0.4 is 10.6 Å². The fourth-order valence-electron chi connectivity index (χ4n) is 1.87. The molecule has 0 radical (unpaired) electrons. The van der Waals surface area contributed by atoms with Gasteiger partial charge in [0.2, 0.25) is 0 Å². The average molecular weight is 205 g/mol. The van der Waals surface area contributed by atoms with Crippen LogP contribution in [0.3, 0.4) is 0 Å². The van der Waals surface area contributed by atoms with E-state index in [0.717, 1.165) is 18.9 Å². The van der Waals surface area contributed by atoms with Crippen LogP contribution in [0.1, 0.15) is 6.92 Å². The van der Waals surface area contributed by atoms with Gasteiger partial charge in [0, 0.05) is 18.6 Å². The summed E-state index contributed by atoms with van der Waals surface area (Å²) in [5.74, 6) is 0.889. The second kappa shape index (κ2) is 2.63. The first-order valence-corrected chi connectivity index (χ1v) is 4.72. The molecule has 2 aromatic heterocycles. The number of aromatic nitrogens is 5. The van der Waals surface area contributed by atoms with Crippen molar-refractivity contribution in [1.29, 1.82) is 0 Å². The van der Waals surface area contributed by atoms with Crippen LogP contribution in [0.25, 0.3) is 5.65 Å². The molecule has 7 heteroatoms. The highest BCUT2D eigenvalue weighted by Gasteiger charge is 2.36. The SMILES string of the molecule is CC1(N)CN(c2cncc3nnnn23)C1. The van der Waals surface area contributed by atoms with Crippen LogP contribution in [0.5, 0.6) is 0 Å². The van der Waals surface area contributed by atoms with Crippen molar-refractivity contribution in [2.24, 2.45) is 5.73 Å². The molecule has 7 nitrogen and oxygen atoms in total. The molecule has 78 valence electrons. The van der Waals surface area contributed by atoms with Crippen molar-refractivity contribution in [2.45, 2.75) is 12.5 Å². The quantitative estimate of drug-likeness (QED) is 0.646. The summed E-state index contributed by atoms with van der Waals surface area (Å²) >= 11 is 0. The summed E-state index contributed by atoms with van der Waals surface area (Å²) in [5, 5.41) is 11.3. The van der Waals surface area contributed by atoms with Crippen LogP contribution in [0.2, 0.25) is 0 Å². The maximum absolute atomic E-state index is 5.95. The minimum atomic E-state index is -0.115. The van der Waals surface area contributed by atoms with Gasteiger partial charge in [0.25, 0.3) is 0 Å². The summed E-state index contributed by atoms with van der Waals surface area (Å²) in [4.78, 5) is 6.20. The van der Waals surface area contributed by atoms with E-state index >= 15 is 0 Å². The zero-order valence-electron chi connectivity index (χ0n) is 8.33. The van der Waals surface area contributed by atoms with E-state index in [1.54, 1.807) is 16.9 Å². The van der Waals surface area contributed by atoms with E-state index in [1.807, 2.05) is 6.92 Å². The molecule has 2 aromatic rings. The molecule has 1 fully saturated rings. The lowest BCUT2D eigenvalue weighted by atomic mass is 9.94. The van der Waals surface area contributed by atoms with Gasteiger partial charge in [0.15, 0.2) is 11.5 Å². The van der Waals surface area contributed by atoms with Crippen LogP contribution in [0.15, 0.2) is 12.4 Å². The Kier molecular flexibility index (Phi) is 1.50. The first-order valence-electron chi connectivity index (χ1n) is 4.72. The van der Waals surface area contributed by atoms with Gasteiger partial charge in [-0.25, -0.2) is 0 Å². The van der Waals surface area contributed by atoms with Crippen LogP contribution in [-0.2, 0) is 0 Å². The minimum Gasteiger partial charge on any atom is -0.351 e. The number of nitrogens with zero attached hydrogens (tertiary/aromatic N) is 6. The molecule has 1 aliphatic heterocycles. The molecule has 3 rings (SSSR count). The monoisotopic (exact) mass is 205 g/mol. The van der Waals surface area contributed by atoms with Gasteiger partial charge in [-0.05, 0) is 17.4 Å². The smallest absolute Gasteiger partial charge is 0.199 e. The van der Waals surface area contributed by atoms with Crippen molar-refractivity contribution >= 4 is 11.5 Å². The molecular formula is C8H11N7. The predicted molar refractivity (Wildman–Crippen MR) is 53.4 cm³/mol. The molecule has 0 amide bonds. The molecule has 3 heterocycles. The molecule has 1 aliphatic rings. The first kappa shape index (κ1) is 8.54. The van der Waals surface area contributed by atoms with Gasteiger partial charge in [-0.3, -0.25) is 4.98 Å². The van der Waals surface area contributed by atoms with Crippen molar-refractivity contribution in [1.82, 2.24) is 25.0 Å². The van der Waals surface area contributed by atoms with E-state index in [9.17, 15) is 0 Å². The number of nitrogens with two attached hydrogens (primary N) is 1. The third-order valence-electron chi connectivity index (χ3n) is 2.52. The lowest BCUT2D eigenvalue weighted by molar-refractivity contribution is 0.360. The molecule has 0 atom stereocenters.